The van der Waals surface area contributed by atoms with Gasteiger partial charge in [-0.25, -0.2) is 0 Å². The number of carbonyl (C=O) groups is 1. The van der Waals surface area contributed by atoms with Crippen molar-refractivity contribution in [1.82, 2.24) is 14.8 Å². The number of amides is 1. The van der Waals surface area contributed by atoms with Crippen LogP contribution >= 0.6 is 11.6 Å². The number of benzene rings is 1. The van der Waals surface area contributed by atoms with Gasteiger partial charge < -0.3 is 14.8 Å². The highest BCUT2D eigenvalue weighted by Gasteiger charge is 2.13. The maximum Gasteiger partial charge on any atom is 0.267 e. The van der Waals surface area contributed by atoms with Crippen molar-refractivity contribution in [1.29, 1.82) is 0 Å². The molecular weight excluding hydrogens is 298 g/mol. The van der Waals surface area contributed by atoms with Crippen molar-refractivity contribution in [2.45, 2.75) is 13.5 Å². The number of carbonyl (C=O) groups excluding carboxylic acids is 1. The van der Waals surface area contributed by atoms with Crippen LogP contribution in [0.3, 0.4) is 0 Å². The van der Waals surface area contributed by atoms with Gasteiger partial charge in [0, 0.05) is 36.4 Å². The molecule has 22 heavy (non-hydrogen) atoms. The van der Waals surface area contributed by atoms with Crippen LogP contribution in [0.5, 0.6) is 0 Å². The largest absolute Gasteiger partial charge is 0.349 e. The number of hydrogen-bond acceptors (Lipinski definition) is 2. The van der Waals surface area contributed by atoms with Crippen LogP contribution in [-0.4, -0.2) is 42.6 Å². The first-order chi connectivity index (χ1) is 10.5. The molecule has 0 saturated carbocycles. The SMILES string of the molecule is CCn1cc(-c2ccc(Cl)cc2)cc1C(=O)NCCN(C)C. The number of halogens is 1. The Morgan fingerprint density at radius 3 is 2.50 bits per heavy atom. The molecule has 1 aromatic carbocycles. The minimum atomic E-state index is -0.0380. The fourth-order valence-electron chi connectivity index (χ4n) is 2.25. The molecule has 1 aromatic heterocycles. The van der Waals surface area contributed by atoms with Gasteiger partial charge in [0.25, 0.3) is 5.91 Å². The summed E-state index contributed by atoms with van der Waals surface area (Å²) >= 11 is 5.92. The molecule has 2 rings (SSSR count). The number of nitrogens with zero attached hydrogens (tertiary/aromatic N) is 2. The highest BCUT2D eigenvalue weighted by molar-refractivity contribution is 6.30. The van der Waals surface area contributed by atoms with Gasteiger partial charge in [0.05, 0.1) is 0 Å². The quantitative estimate of drug-likeness (QED) is 0.888. The molecule has 1 N–H and O–H groups in total. The van der Waals surface area contributed by atoms with Crippen molar-refractivity contribution in [2.24, 2.45) is 0 Å². The van der Waals surface area contributed by atoms with Gasteiger partial charge in [-0.15, -0.1) is 0 Å². The fourth-order valence-corrected chi connectivity index (χ4v) is 2.37. The Hall–Kier alpha value is -1.78. The Balaban J connectivity index is 2.17. The van der Waals surface area contributed by atoms with Crippen molar-refractivity contribution in [2.75, 3.05) is 27.2 Å². The van der Waals surface area contributed by atoms with E-state index in [1.54, 1.807) is 0 Å². The number of aryl methyl sites for hydroxylation is 1. The van der Waals surface area contributed by atoms with Crippen LogP contribution < -0.4 is 5.32 Å². The summed E-state index contributed by atoms with van der Waals surface area (Å²) in [4.78, 5) is 14.4. The lowest BCUT2D eigenvalue weighted by molar-refractivity contribution is 0.0942. The van der Waals surface area contributed by atoms with Gasteiger partial charge in [0.1, 0.15) is 5.69 Å². The Morgan fingerprint density at radius 2 is 1.91 bits per heavy atom. The summed E-state index contributed by atoms with van der Waals surface area (Å²) in [6.45, 7) is 4.24. The lowest BCUT2D eigenvalue weighted by atomic mass is 10.1. The Labute approximate surface area is 136 Å². The molecule has 0 aliphatic heterocycles. The number of aromatic nitrogens is 1. The molecule has 2 aromatic rings. The highest BCUT2D eigenvalue weighted by Crippen LogP contribution is 2.24. The second-order valence-corrected chi connectivity index (χ2v) is 5.90. The molecule has 0 bridgehead atoms. The second-order valence-electron chi connectivity index (χ2n) is 5.47. The molecule has 0 unspecified atom stereocenters. The monoisotopic (exact) mass is 319 g/mol. The average molecular weight is 320 g/mol. The van der Waals surface area contributed by atoms with Gasteiger partial charge in [-0.05, 0) is 44.8 Å². The summed E-state index contributed by atoms with van der Waals surface area (Å²) in [6.07, 6.45) is 2.00. The molecule has 1 heterocycles. The lowest BCUT2D eigenvalue weighted by Crippen LogP contribution is -2.32. The van der Waals surface area contributed by atoms with Crippen LogP contribution in [0.4, 0.5) is 0 Å². The van der Waals surface area contributed by atoms with E-state index in [0.717, 1.165) is 24.2 Å². The van der Waals surface area contributed by atoms with Crippen molar-refractivity contribution in [3.05, 3.63) is 47.2 Å². The number of rotatable bonds is 6. The smallest absolute Gasteiger partial charge is 0.267 e. The van der Waals surface area contributed by atoms with Gasteiger partial charge in [0.2, 0.25) is 0 Å². The van der Waals surface area contributed by atoms with Gasteiger partial charge in [0.15, 0.2) is 0 Å². The normalized spacial score (nSPS) is 11.0. The molecule has 1 amide bonds. The molecule has 0 saturated heterocycles. The van der Waals surface area contributed by atoms with Gasteiger partial charge in [-0.3, -0.25) is 4.79 Å². The molecule has 0 aliphatic carbocycles. The third-order valence-corrected chi connectivity index (χ3v) is 3.74. The first-order valence-electron chi connectivity index (χ1n) is 7.40. The number of nitrogens with one attached hydrogen (secondary N) is 1. The van der Waals surface area contributed by atoms with Crippen molar-refractivity contribution >= 4 is 17.5 Å². The molecular formula is C17H22ClN3O. The van der Waals surface area contributed by atoms with Crippen LogP contribution in [0.15, 0.2) is 36.5 Å². The zero-order valence-corrected chi connectivity index (χ0v) is 14.0. The molecule has 0 atom stereocenters. The molecule has 0 fully saturated rings. The predicted molar refractivity (Wildman–Crippen MR) is 91.4 cm³/mol. The Morgan fingerprint density at radius 1 is 1.23 bits per heavy atom. The topological polar surface area (TPSA) is 37.3 Å². The van der Waals surface area contributed by atoms with Gasteiger partial charge in [-0.2, -0.15) is 0 Å². The third-order valence-electron chi connectivity index (χ3n) is 3.49. The third kappa shape index (κ3) is 4.12. The summed E-state index contributed by atoms with van der Waals surface area (Å²) in [7, 11) is 3.97. The fraction of sp³-hybridized carbons (Fsp3) is 0.353. The minimum absolute atomic E-state index is 0.0380. The molecule has 5 heteroatoms. The van der Waals surface area contributed by atoms with Crippen molar-refractivity contribution < 1.29 is 4.79 Å². The van der Waals surface area contributed by atoms with E-state index in [2.05, 4.69) is 5.32 Å². The predicted octanol–water partition coefficient (Wildman–Crippen LogP) is 3.12. The summed E-state index contributed by atoms with van der Waals surface area (Å²) in [5.41, 5.74) is 2.77. The lowest BCUT2D eigenvalue weighted by Gasteiger charge is -2.11. The van der Waals surface area contributed by atoms with E-state index in [4.69, 9.17) is 11.6 Å². The summed E-state index contributed by atoms with van der Waals surface area (Å²) in [6, 6.07) is 9.57. The average Bonchev–Trinajstić information content (AvgIpc) is 2.91. The standard InChI is InChI=1S/C17H22ClN3O/c1-4-21-12-14(13-5-7-15(18)8-6-13)11-16(21)17(22)19-9-10-20(2)3/h5-8,11-12H,4,9-10H2,1-3H3,(H,19,22). The van der Waals surface area contributed by atoms with E-state index in [0.29, 0.717) is 17.3 Å². The zero-order chi connectivity index (χ0) is 16.1. The summed E-state index contributed by atoms with van der Waals surface area (Å²) in [5.74, 6) is -0.0380. The molecule has 0 aliphatic rings. The van der Waals surface area contributed by atoms with Crippen LogP contribution in [0, 0.1) is 0 Å². The molecule has 4 nitrogen and oxygen atoms in total. The van der Waals surface area contributed by atoms with E-state index in [9.17, 15) is 4.79 Å². The first-order valence-corrected chi connectivity index (χ1v) is 7.78. The first kappa shape index (κ1) is 16.6. The molecule has 0 radical (unpaired) electrons. The van der Waals surface area contributed by atoms with Crippen LogP contribution in [0.1, 0.15) is 17.4 Å². The second kappa shape index (κ2) is 7.47. The molecule has 0 spiro atoms. The maximum absolute atomic E-state index is 12.3. The Bertz CT molecular complexity index is 632. The maximum atomic E-state index is 12.3. The van der Waals surface area contributed by atoms with Gasteiger partial charge >= 0.3 is 0 Å². The van der Waals surface area contributed by atoms with E-state index < -0.39 is 0 Å². The highest BCUT2D eigenvalue weighted by atomic mass is 35.5. The van der Waals surface area contributed by atoms with E-state index in [-0.39, 0.29) is 5.91 Å². The molecule has 118 valence electrons. The Kier molecular flexibility index (Phi) is 5.63. The van der Waals surface area contributed by atoms with Gasteiger partial charge in [-0.1, -0.05) is 23.7 Å². The zero-order valence-electron chi connectivity index (χ0n) is 13.3. The van der Waals surface area contributed by atoms with Crippen LogP contribution in [-0.2, 0) is 6.54 Å². The van der Waals surface area contributed by atoms with Crippen LogP contribution in [0.2, 0.25) is 5.02 Å². The number of hydrogen-bond donors (Lipinski definition) is 1. The van der Waals surface area contributed by atoms with E-state index >= 15 is 0 Å². The summed E-state index contributed by atoms with van der Waals surface area (Å²) < 4.78 is 1.97. The van der Waals surface area contributed by atoms with Crippen LogP contribution in [0.25, 0.3) is 11.1 Å². The van der Waals surface area contributed by atoms with Crippen molar-refractivity contribution in [3.63, 3.8) is 0 Å². The van der Waals surface area contributed by atoms with E-state index in [1.807, 2.05) is 67.0 Å². The summed E-state index contributed by atoms with van der Waals surface area (Å²) in [5, 5.41) is 3.67. The number of likely N-dealkylation sites (N-methyl/N-ethyl adjacent to an activating group) is 1. The van der Waals surface area contributed by atoms with E-state index in [1.165, 1.54) is 0 Å². The minimum Gasteiger partial charge on any atom is -0.349 e. The van der Waals surface area contributed by atoms with Crippen molar-refractivity contribution in [3.8, 4) is 11.1 Å².